The van der Waals surface area contributed by atoms with Crippen molar-refractivity contribution < 1.29 is 4.79 Å². The highest BCUT2D eigenvalue weighted by atomic mass is 79.9. The summed E-state index contributed by atoms with van der Waals surface area (Å²) < 4.78 is 1.93. The van der Waals surface area contributed by atoms with Crippen LogP contribution >= 0.6 is 39.1 Å². The highest BCUT2D eigenvalue weighted by Gasteiger charge is 2.13. The lowest BCUT2D eigenvalue weighted by atomic mass is 10.1. The average molecular weight is 405 g/mol. The molecule has 0 fully saturated rings. The van der Waals surface area contributed by atoms with E-state index in [0.29, 0.717) is 0 Å². The van der Waals surface area contributed by atoms with E-state index in [1.165, 1.54) is 6.20 Å². The summed E-state index contributed by atoms with van der Waals surface area (Å²) in [4.78, 5) is 23.8. The minimum Gasteiger partial charge on any atom is -0.348 e. The van der Waals surface area contributed by atoms with Crippen LogP contribution in [0.4, 0.5) is 0 Å². The number of rotatable bonds is 4. The van der Waals surface area contributed by atoms with Crippen LogP contribution in [0.25, 0.3) is 0 Å². The van der Waals surface area contributed by atoms with Crippen LogP contribution in [-0.2, 0) is 11.3 Å². The number of carbonyl (C=O) groups is 1. The third kappa shape index (κ3) is 4.09. The molecule has 5 nitrogen and oxygen atoms in total. The first-order valence-electron chi connectivity index (χ1n) is 6.34. The van der Waals surface area contributed by atoms with Crippen molar-refractivity contribution in [2.24, 2.45) is 0 Å². The molecule has 0 aliphatic rings. The number of aromatic nitrogens is 2. The standard InChI is InChI=1S/C14H12BrCl2N3O2/c1-8(9-2-4-10(15)5-3-9)19-12(21)7-20-14(22)13(17)11(16)6-18-20/h2-6,8H,7H2,1H3,(H,19,21). The van der Waals surface area contributed by atoms with Gasteiger partial charge in [-0.3, -0.25) is 9.59 Å². The number of amides is 1. The molecule has 0 radical (unpaired) electrons. The molecule has 0 saturated carbocycles. The normalized spacial score (nSPS) is 12.0. The summed E-state index contributed by atoms with van der Waals surface area (Å²) in [5.41, 5.74) is 0.353. The van der Waals surface area contributed by atoms with Crippen LogP contribution in [0, 0.1) is 0 Å². The number of nitrogens with zero attached hydrogens (tertiary/aromatic N) is 2. The summed E-state index contributed by atoms with van der Waals surface area (Å²) in [5, 5.41) is 6.50. The van der Waals surface area contributed by atoms with Gasteiger partial charge in [-0.1, -0.05) is 51.3 Å². The Bertz CT molecular complexity index is 747. The zero-order valence-corrected chi connectivity index (χ0v) is 14.6. The van der Waals surface area contributed by atoms with Crippen LogP contribution in [0.2, 0.25) is 10.0 Å². The van der Waals surface area contributed by atoms with Gasteiger partial charge < -0.3 is 5.32 Å². The van der Waals surface area contributed by atoms with E-state index in [4.69, 9.17) is 23.2 Å². The van der Waals surface area contributed by atoms with Crippen LogP contribution in [0.1, 0.15) is 18.5 Å². The average Bonchev–Trinajstić information content (AvgIpc) is 2.48. The summed E-state index contributed by atoms with van der Waals surface area (Å²) in [5.74, 6) is -0.344. The van der Waals surface area contributed by atoms with E-state index in [1.54, 1.807) is 0 Å². The molecule has 2 aromatic rings. The zero-order valence-electron chi connectivity index (χ0n) is 11.5. The maximum absolute atomic E-state index is 12.0. The second kappa shape index (κ2) is 7.26. The Labute approximate surface area is 145 Å². The molecule has 0 aliphatic carbocycles. The Morgan fingerprint density at radius 1 is 1.36 bits per heavy atom. The minimum atomic E-state index is -0.597. The highest BCUT2D eigenvalue weighted by Crippen LogP contribution is 2.17. The molecule has 1 amide bonds. The van der Waals surface area contributed by atoms with Gasteiger partial charge in [-0.15, -0.1) is 0 Å². The second-order valence-electron chi connectivity index (χ2n) is 4.61. The van der Waals surface area contributed by atoms with Crippen LogP contribution in [0.5, 0.6) is 0 Å². The minimum absolute atomic E-state index is 0.0616. The molecule has 1 unspecified atom stereocenters. The third-order valence-corrected chi connectivity index (χ3v) is 4.26. The lowest BCUT2D eigenvalue weighted by molar-refractivity contribution is -0.122. The van der Waals surface area contributed by atoms with Crippen LogP contribution in [0.3, 0.4) is 0 Å². The van der Waals surface area contributed by atoms with Gasteiger partial charge in [0.05, 0.1) is 17.3 Å². The van der Waals surface area contributed by atoms with Crippen molar-refractivity contribution in [1.82, 2.24) is 15.1 Å². The molecule has 1 heterocycles. The summed E-state index contributed by atoms with van der Waals surface area (Å²) in [6.45, 7) is 1.63. The quantitative estimate of drug-likeness (QED) is 0.850. The second-order valence-corrected chi connectivity index (χ2v) is 6.31. The van der Waals surface area contributed by atoms with Gasteiger partial charge >= 0.3 is 0 Å². The summed E-state index contributed by atoms with van der Waals surface area (Å²) in [6, 6.07) is 7.39. The largest absolute Gasteiger partial charge is 0.348 e. The smallest absolute Gasteiger partial charge is 0.287 e. The zero-order chi connectivity index (χ0) is 16.3. The lowest BCUT2D eigenvalue weighted by Crippen LogP contribution is -2.35. The molecule has 1 atom stereocenters. The van der Waals surface area contributed by atoms with E-state index in [-0.39, 0.29) is 28.5 Å². The van der Waals surface area contributed by atoms with E-state index < -0.39 is 5.56 Å². The van der Waals surface area contributed by atoms with Crippen molar-refractivity contribution in [1.29, 1.82) is 0 Å². The van der Waals surface area contributed by atoms with Gasteiger partial charge in [-0.25, -0.2) is 4.68 Å². The Morgan fingerprint density at radius 3 is 2.64 bits per heavy atom. The number of hydrogen-bond acceptors (Lipinski definition) is 3. The first-order chi connectivity index (χ1) is 10.4. The Kier molecular flexibility index (Phi) is 5.61. The fraction of sp³-hybridized carbons (Fsp3) is 0.214. The predicted octanol–water partition coefficient (Wildman–Crippen LogP) is 3.19. The van der Waals surface area contributed by atoms with E-state index >= 15 is 0 Å². The number of nitrogens with one attached hydrogen (secondary N) is 1. The van der Waals surface area contributed by atoms with Gasteiger partial charge in [0, 0.05) is 4.47 Å². The SMILES string of the molecule is CC(NC(=O)Cn1ncc(Cl)c(Cl)c1=O)c1ccc(Br)cc1. The van der Waals surface area contributed by atoms with Crippen molar-refractivity contribution in [2.45, 2.75) is 19.5 Å². The molecule has 0 saturated heterocycles. The van der Waals surface area contributed by atoms with Gasteiger partial charge in [-0.2, -0.15) is 5.10 Å². The van der Waals surface area contributed by atoms with E-state index in [9.17, 15) is 9.59 Å². The molecule has 116 valence electrons. The summed E-state index contributed by atoms with van der Waals surface area (Å²) in [6.07, 6.45) is 1.23. The number of benzene rings is 1. The van der Waals surface area contributed by atoms with Gasteiger partial charge in [0.1, 0.15) is 11.6 Å². The molecule has 2 rings (SSSR count). The van der Waals surface area contributed by atoms with Crippen LogP contribution < -0.4 is 10.9 Å². The summed E-state index contributed by atoms with van der Waals surface area (Å²) in [7, 11) is 0. The molecule has 1 aromatic carbocycles. The molecule has 1 N–H and O–H groups in total. The monoisotopic (exact) mass is 403 g/mol. The predicted molar refractivity (Wildman–Crippen MR) is 89.2 cm³/mol. The van der Waals surface area contributed by atoms with Gasteiger partial charge in [0.15, 0.2) is 0 Å². The van der Waals surface area contributed by atoms with Crippen LogP contribution in [-0.4, -0.2) is 15.7 Å². The molecular weight excluding hydrogens is 393 g/mol. The fourth-order valence-electron chi connectivity index (χ4n) is 1.82. The lowest BCUT2D eigenvalue weighted by Gasteiger charge is -2.14. The highest BCUT2D eigenvalue weighted by molar-refractivity contribution is 9.10. The van der Waals surface area contributed by atoms with Crippen molar-refractivity contribution >= 4 is 45.0 Å². The molecular formula is C14H12BrCl2N3O2. The number of carbonyl (C=O) groups excluding carboxylic acids is 1. The van der Waals surface area contributed by atoms with Gasteiger partial charge in [-0.05, 0) is 24.6 Å². The maximum atomic E-state index is 12.0. The topological polar surface area (TPSA) is 64.0 Å². The molecule has 1 aromatic heterocycles. The van der Waals surface area contributed by atoms with E-state index in [1.807, 2.05) is 31.2 Å². The molecule has 0 aliphatic heterocycles. The summed E-state index contributed by atoms with van der Waals surface area (Å²) >= 11 is 14.8. The maximum Gasteiger partial charge on any atom is 0.287 e. The van der Waals surface area contributed by atoms with Gasteiger partial charge in [0.25, 0.3) is 5.56 Å². The number of halogens is 3. The third-order valence-electron chi connectivity index (χ3n) is 2.98. The van der Waals surface area contributed by atoms with Crippen molar-refractivity contribution in [3.8, 4) is 0 Å². The van der Waals surface area contributed by atoms with E-state index in [2.05, 4.69) is 26.3 Å². The Morgan fingerprint density at radius 2 is 2.00 bits per heavy atom. The van der Waals surface area contributed by atoms with E-state index in [0.717, 1.165) is 14.7 Å². The first kappa shape index (κ1) is 17.0. The van der Waals surface area contributed by atoms with Crippen molar-refractivity contribution in [2.75, 3.05) is 0 Å². The fourth-order valence-corrected chi connectivity index (χ4v) is 2.35. The van der Waals surface area contributed by atoms with Gasteiger partial charge in [0.2, 0.25) is 5.91 Å². The molecule has 0 bridgehead atoms. The molecule has 8 heteroatoms. The number of hydrogen-bond donors (Lipinski definition) is 1. The van der Waals surface area contributed by atoms with Crippen LogP contribution in [0.15, 0.2) is 39.7 Å². The molecule has 0 spiro atoms. The van der Waals surface area contributed by atoms with Crippen molar-refractivity contribution in [3.05, 3.63) is 60.9 Å². The van der Waals surface area contributed by atoms with Crippen molar-refractivity contribution in [3.63, 3.8) is 0 Å². The Balaban J connectivity index is 2.06. The molecule has 22 heavy (non-hydrogen) atoms. The first-order valence-corrected chi connectivity index (χ1v) is 7.89. The Hall–Kier alpha value is -1.37.